The van der Waals surface area contributed by atoms with Gasteiger partial charge in [-0.3, -0.25) is 9.48 Å². The minimum atomic E-state index is -0.651. The maximum absolute atomic E-state index is 13.7. The highest BCUT2D eigenvalue weighted by Crippen LogP contribution is 2.35. The lowest BCUT2D eigenvalue weighted by Gasteiger charge is -2.12. The van der Waals surface area contributed by atoms with Gasteiger partial charge in [0.15, 0.2) is 5.82 Å². The molecule has 191 valence electrons. The summed E-state index contributed by atoms with van der Waals surface area (Å²) in [5.41, 5.74) is 4.43. The Bertz CT molecular complexity index is 1750. The van der Waals surface area contributed by atoms with Gasteiger partial charge in [0.1, 0.15) is 46.5 Å². The Morgan fingerprint density at radius 2 is 1.87 bits per heavy atom. The summed E-state index contributed by atoms with van der Waals surface area (Å²) in [7, 11) is 1.82. The molecule has 0 fully saturated rings. The monoisotopic (exact) mass is 532 g/mol. The van der Waals surface area contributed by atoms with Crippen molar-refractivity contribution in [1.82, 2.24) is 24.7 Å². The molecule has 0 unspecified atom stereocenters. The number of aryl methyl sites for hydroxylation is 3. The van der Waals surface area contributed by atoms with E-state index in [9.17, 15) is 14.0 Å². The molecule has 10 nitrogen and oxygen atoms in total. The minimum absolute atomic E-state index is 0.0787. The van der Waals surface area contributed by atoms with Crippen molar-refractivity contribution in [2.75, 3.05) is 10.6 Å². The van der Waals surface area contributed by atoms with E-state index in [0.29, 0.717) is 34.1 Å². The standard InChI is InChI=1S/C26H21ClFN8O2/c1-5-22(37)33-21-10-19(24-25-23(29-14(3)30-24)13(2)34-35(25)4)18-7-6-17(9-20(18)32-21)31-26(38)36-11-15(27)8-16(28)12-36/h5-12H,1-4H3,(H-,31,32,33,37,38)/p+1. The smallest absolute Gasteiger partial charge is 0.310 e. The maximum atomic E-state index is 13.7. The average molecular weight is 533 g/mol. The summed E-state index contributed by atoms with van der Waals surface area (Å²) in [5, 5.41) is 10.8. The molecule has 5 aromatic rings. The molecule has 2 N–H and O–H groups in total. The first-order valence-corrected chi connectivity index (χ1v) is 11.9. The fourth-order valence-electron chi connectivity index (χ4n) is 4.21. The quantitative estimate of drug-likeness (QED) is 0.329. The van der Waals surface area contributed by atoms with E-state index in [2.05, 4.69) is 25.7 Å². The van der Waals surface area contributed by atoms with Crippen molar-refractivity contribution in [2.24, 2.45) is 7.05 Å². The molecular weight excluding hydrogens is 511 g/mol. The van der Waals surface area contributed by atoms with Crippen LogP contribution in [0.3, 0.4) is 0 Å². The van der Waals surface area contributed by atoms with E-state index in [1.165, 1.54) is 12.6 Å². The number of nitrogens with one attached hydrogen (secondary N) is 2. The summed E-state index contributed by atoms with van der Waals surface area (Å²) in [6.45, 7) is 5.30. The second kappa shape index (κ2) is 9.75. The molecule has 4 aromatic heterocycles. The summed E-state index contributed by atoms with van der Waals surface area (Å²) in [6, 6.07) is 7.38. The van der Waals surface area contributed by atoms with E-state index in [-0.39, 0.29) is 10.9 Å². The van der Waals surface area contributed by atoms with Gasteiger partial charge in [0.2, 0.25) is 5.91 Å². The molecule has 1 aromatic carbocycles. The molecule has 0 aliphatic heterocycles. The number of fused-ring (bicyclic) bond motifs is 2. The number of carbonyl (C=O) groups is 2. The molecule has 0 saturated carbocycles. The lowest BCUT2D eigenvalue weighted by Crippen LogP contribution is -2.46. The first kappa shape index (κ1) is 25.2. The van der Waals surface area contributed by atoms with E-state index in [0.717, 1.165) is 38.9 Å². The number of halogens is 2. The summed E-state index contributed by atoms with van der Waals surface area (Å²) < 4.78 is 16.5. The van der Waals surface area contributed by atoms with Gasteiger partial charge in [-0.2, -0.15) is 14.5 Å². The molecule has 0 saturated heterocycles. The Labute approximate surface area is 221 Å². The SMILES string of the molecule is C[CH]C(=O)Nc1cc(-c2nc(C)nc3c(C)nn(C)c23)c2ccc(NC(=O)[n+]3cc(F)cc(Cl)c3)cc2n1. The normalized spacial score (nSPS) is 11.2. The number of benzene rings is 1. The van der Waals surface area contributed by atoms with Crippen LogP contribution in [0, 0.1) is 26.1 Å². The minimum Gasteiger partial charge on any atom is -0.310 e. The van der Waals surface area contributed by atoms with Gasteiger partial charge in [-0.05, 0) is 38.1 Å². The van der Waals surface area contributed by atoms with Crippen molar-refractivity contribution in [3.05, 3.63) is 71.5 Å². The van der Waals surface area contributed by atoms with Crippen LogP contribution < -0.4 is 15.2 Å². The lowest BCUT2D eigenvalue weighted by atomic mass is 10.0. The summed E-state index contributed by atoms with van der Waals surface area (Å²) >= 11 is 5.88. The van der Waals surface area contributed by atoms with Crippen LogP contribution in [0.1, 0.15) is 18.4 Å². The maximum Gasteiger partial charge on any atom is 0.500 e. The Kier molecular flexibility index (Phi) is 6.45. The van der Waals surface area contributed by atoms with Crippen LogP contribution in [0.2, 0.25) is 5.02 Å². The van der Waals surface area contributed by atoms with Crippen molar-refractivity contribution in [3.63, 3.8) is 0 Å². The zero-order valence-electron chi connectivity index (χ0n) is 20.9. The van der Waals surface area contributed by atoms with Gasteiger partial charge in [-0.25, -0.2) is 24.7 Å². The number of hydrogen-bond acceptors (Lipinski definition) is 6. The number of pyridine rings is 2. The summed E-state index contributed by atoms with van der Waals surface area (Å²) in [6.07, 6.45) is 3.71. The van der Waals surface area contributed by atoms with Crippen LogP contribution in [0.15, 0.2) is 42.7 Å². The fourth-order valence-corrected chi connectivity index (χ4v) is 4.42. The van der Waals surface area contributed by atoms with Crippen LogP contribution in [-0.4, -0.2) is 36.7 Å². The molecule has 0 aliphatic rings. The molecule has 5 rings (SSSR count). The number of amides is 2. The molecule has 0 bridgehead atoms. The number of hydrogen-bond donors (Lipinski definition) is 2. The van der Waals surface area contributed by atoms with Gasteiger partial charge < -0.3 is 5.32 Å². The van der Waals surface area contributed by atoms with Crippen molar-refractivity contribution in [3.8, 4) is 11.3 Å². The average Bonchev–Trinajstić information content (AvgIpc) is 3.15. The highest BCUT2D eigenvalue weighted by atomic mass is 35.5. The van der Waals surface area contributed by atoms with Crippen LogP contribution in [0.4, 0.5) is 20.7 Å². The van der Waals surface area contributed by atoms with E-state index < -0.39 is 11.8 Å². The molecule has 1 radical (unpaired) electrons. The molecular formula is C26H22ClFN8O2+. The van der Waals surface area contributed by atoms with E-state index in [1.807, 2.05) is 14.0 Å². The molecule has 0 atom stereocenters. The zero-order chi connectivity index (χ0) is 27.1. The van der Waals surface area contributed by atoms with Gasteiger partial charge >= 0.3 is 6.03 Å². The highest BCUT2D eigenvalue weighted by molar-refractivity contribution is 6.30. The van der Waals surface area contributed by atoms with Gasteiger partial charge in [0.05, 0.1) is 16.2 Å². The van der Waals surface area contributed by atoms with Gasteiger partial charge in [0, 0.05) is 30.5 Å². The number of anilines is 2. The molecule has 2 amide bonds. The first-order chi connectivity index (χ1) is 18.1. The molecule has 4 heterocycles. The third-order valence-electron chi connectivity index (χ3n) is 5.83. The van der Waals surface area contributed by atoms with E-state index >= 15 is 0 Å². The predicted octanol–water partition coefficient (Wildman–Crippen LogP) is 4.52. The second-order valence-electron chi connectivity index (χ2n) is 8.60. The van der Waals surface area contributed by atoms with E-state index in [1.54, 1.807) is 42.8 Å². The van der Waals surface area contributed by atoms with Crippen LogP contribution in [0.5, 0.6) is 0 Å². The second-order valence-corrected chi connectivity index (χ2v) is 9.04. The van der Waals surface area contributed by atoms with Crippen molar-refractivity contribution in [1.29, 1.82) is 0 Å². The topological polar surface area (TPSA) is 119 Å². The third kappa shape index (κ3) is 4.75. The number of carbonyl (C=O) groups excluding carboxylic acids is 2. The molecule has 0 spiro atoms. The van der Waals surface area contributed by atoms with Crippen LogP contribution in [0.25, 0.3) is 33.2 Å². The van der Waals surface area contributed by atoms with Crippen molar-refractivity contribution in [2.45, 2.75) is 20.8 Å². The zero-order valence-corrected chi connectivity index (χ0v) is 21.6. The Morgan fingerprint density at radius 3 is 2.61 bits per heavy atom. The van der Waals surface area contributed by atoms with Crippen LogP contribution in [-0.2, 0) is 11.8 Å². The largest absolute Gasteiger partial charge is 0.500 e. The molecule has 38 heavy (non-hydrogen) atoms. The number of nitrogens with zero attached hydrogens (tertiary/aromatic N) is 6. The van der Waals surface area contributed by atoms with E-state index in [4.69, 9.17) is 16.6 Å². The molecule has 0 aliphatic carbocycles. The van der Waals surface area contributed by atoms with Crippen molar-refractivity contribution >= 4 is 57.0 Å². The number of rotatable bonds is 4. The first-order valence-electron chi connectivity index (χ1n) is 11.5. The van der Waals surface area contributed by atoms with Crippen LogP contribution >= 0.6 is 11.6 Å². The lowest BCUT2D eigenvalue weighted by molar-refractivity contribution is -0.569. The molecule has 12 heteroatoms. The van der Waals surface area contributed by atoms with Crippen molar-refractivity contribution < 1.29 is 18.5 Å². The van der Waals surface area contributed by atoms with Gasteiger partial charge in [-0.15, -0.1) is 0 Å². The summed E-state index contributed by atoms with van der Waals surface area (Å²) in [5.74, 6) is -0.112. The van der Waals surface area contributed by atoms with Gasteiger partial charge in [-0.1, -0.05) is 18.5 Å². The Morgan fingerprint density at radius 1 is 1.08 bits per heavy atom. The third-order valence-corrected chi connectivity index (χ3v) is 6.03. The fraction of sp³-hybridized carbons (Fsp3) is 0.154. The Balaban J connectivity index is 1.66. The number of aromatic nitrogens is 6. The highest BCUT2D eigenvalue weighted by Gasteiger charge is 2.21. The predicted molar refractivity (Wildman–Crippen MR) is 141 cm³/mol. The Hall–Kier alpha value is -4.51. The van der Waals surface area contributed by atoms with Gasteiger partial charge in [0.25, 0.3) is 0 Å². The summed E-state index contributed by atoms with van der Waals surface area (Å²) in [4.78, 5) is 38.8.